The second kappa shape index (κ2) is 2.91. The van der Waals surface area contributed by atoms with Crippen LogP contribution in [0.3, 0.4) is 0 Å². The van der Waals surface area contributed by atoms with Gasteiger partial charge in [0.25, 0.3) is 0 Å². The zero-order valence-electron chi connectivity index (χ0n) is 6.87. The minimum Gasteiger partial charge on any atom is -0.399 e. The topological polar surface area (TPSA) is 52.0 Å². The van der Waals surface area contributed by atoms with E-state index in [1.165, 1.54) is 0 Å². The van der Waals surface area contributed by atoms with Crippen LogP contribution >= 0.6 is 11.8 Å². The second-order valence-corrected chi connectivity index (χ2v) is 3.97. The molecule has 4 N–H and O–H groups in total. The molecular formula is C8H14N2S. The summed E-state index contributed by atoms with van der Waals surface area (Å²) >= 11 is 1.63. The van der Waals surface area contributed by atoms with Crippen LogP contribution in [0.1, 0.15) is 6.92 Å². The van der Waals surface area contributed by atoms with Crippen LogP contribution in [-0.2, 0) is 0 Å². The molecule has 0 spiro atoms. The Hall–Kier alpha value is -0.410. The number of thioether (sulfide) groups is 1. The first-order valence-corrected chi connectivity index (χ1v) is 4.81. The SMILES string of the molecule is CSC1(N)C=C(N)C=CC1C. The molecule has 0 radical (unpaired) electrons. The minimum atomic E-state index is -0.307. The smallest absolute Gasteiger partial charge is 0.0887 e. The van der Waals surface area contributed by atoms with Crippen molar-refractivity contribution in [3.8, 4) is 0 Å². The van der Waals surface area contributed by atoms with E-state index in [1.807, 2.05) is 24.5 Å². The van der Waals surface area contributed by atoms with E-state index in [2.05, 4.69) is 6.92 Å². The third-order valence-electron chi connectivity index (χ3n) is 2.03. The average molecular weight is 170 g/mol. The Balaban J connectivity index is 2.89. The first-order valence-electron chi connectivity index (χ1n) is 3.59. The van der Waals surface area contributed by atoms with Crippen molar-refractivity contribution in [2.45, 2.75) is 11.8 Å². The molecule has 0 saturated carbocycles. The van der Waals surface area contributed by atoms with Crippen LogP contribution in [-0.4, -0.2) is 11.1 Å². The van der Waals surface area contributed by atoms with Crippen LogP contribution in [0.25, 0.3) is 0 Å². The molecule has 11 heavy (non-hydrogen) atoms. The Bertz CT molecular complexity index is 210. The summed E-state index contributed by atoms with van der Waals surface area (Å²) in [6.07, 6.45) is 7.87. The zero-order valence-corrected chi connectivity index (χ0v) is 7.69. The van der Waals surface area contributed by atoms with E-state index >= 15 is 0 Å². The van der Waals surface area contributed by atoms with Crippen molar-refractivity contribution in [3.63, 3.8) is 0 Å². The van der Waals surface area contributed by atoms with Crippen molar-refractivity contribution in [3.05, 3.63) is 23.9 Å². The van der Waals surface area contributed by atoms with Gasteiger partial charge in [0.05, 0.1) is 4.87 Å². The largest absolute Gasteiger partial charge is 0.399 e. The molecule has 3 heteroatoms. The van der Waals surface area contributed by atoms with Crippen molar-refractivity contribution in [2.75, 3.05) is 6.26 Å². The summed E-state index contributed by atoms with van der Waals surface area (Å²) in [6.45, 7) is 2.09. The van der Waals surface area contributed by atoms with Gasteiger partial charge < -0.3 is 11.5 Å². The van der Waals surface area contributed by atoms with Crippen LogP contribution in [0, 0.1) is 5.92 Å². The first kappa shape index (κ1) is 8.68. The highest BCUT2D eigenvalue weighted by Gasteiger charge is 2.28. The second-order valence-electron chi connectivity index (χ2n) is 2.85. The molecule has 1 rings (SSSR count). The molecule has 0 heterocycles. The predicted octanol–water partition coefficient (Wildman–Crippen LogP) is 1.05. The summed E-state index contributed by atoms with van der Waals surface area (Å²) in [5, 5.41) is 0. The monoisotopic (exact) mass is 170 g/mol. The Morgan fingerprint density at radius 1 is 1.64 bits per heavy atom. The quantitative estimate of drug-likeness (QED) is 0.578. The highest BCUT2D eigenvalue weighted by molar-refractivity contribution is 8.00. The molecule has 0 aromatic carbocycles. The summed E-state index contributed by atoms with van der Waals surface area (Å²) in [4.78, 5) is -0.307. The third-order valence-corrected chi connectivity index (χ3v) is 3.23. The molecule has 0 saturated heterocycles. The maximum atomic E-state index is 6.05. The van der Waals surface area contributed by atoms with E-state index in [4.69, 9.17) is 11.5 Å². The number of hydrogen-bond donors (Lipinski definition) is 2. The lowest BCUT2D eigenvalue weighted by Gasteiger charge is -2.31. The lowest BCUT2D eigenvalue weighted by molar-refractivity contribution is 0.572. The van der Waals surface area contributed by atoms with Crippen molar-refractivity contribution < 1.29 is 0 Å². The molecule has 0 aliphatic heterocycles. The lowest BCUT2D eigenvalue weighted by Crippen LogP contribution is -2.41. The molecule has 2 atom stereocenters. The first-order chi connectivity index (χ1) is 5.08. The predicted molar refractivity (Wildman–Crippen MR) is 51.0 cm³/mol. The van der Waals surface area contributed by atoms with Crippen LogP contribution in [0.5, 0.6) is 0 Å². The lowest BCUT2D eigenvalue weighted by atomic mass is 9.96. The molecular weight excluding hydrogens is 156 g/mol. The van der Waals surface area contributed by atoms with Gasteiger partial charge in [-0.1, -0.05) is 13.0 Å². The van der Waals surface area contributed by atoms with E-state index in [0.29, 0.717) is 5.92 Å². The summed E-state index contributed by atoms with van der Waals surface area (Å²) < 4.78 is 0. The van der Waals surface area contributed by atoms with Crippen molar-refractivity contribution >= 4 is 11.8 Å². The molecule has 0 aromatic rings. The maximum absolute atomic E-state index is 6.05. The standard InChI is InChI=1S/C8H14N2S/c1-6-3-4-7(9)5-8(6,10)11-2/h3-6H,9-10H2,1-2H3. The van der Waals surface area contributed by atoms with E-state index in [9.17, 15) is 0 Å². The molecule has 2 unspecified atom stereocenters. The van der Waals surface area contributed by atoms with Gasteiger partial charge in [0.2, 0.25) is 0 Å². The Kier molecular flexibility index (Phi) is 2.30. The maximum Gasteiger partial charge on any atom is 0.0887 e. The van der Waals surface area contributed by atoms with E-state index in [0.717, 1.165) is 5.70 Å². The molecule has 1 aliphatic carbocycles. The van der Waals surface area contributed by atoms with Gasteiger partial charge in [0, 0.05) is 11.6 Å². The minimum absolute atomic E-state index is 0.307. The van der Waals surface area contributed by atoms with Crippen molar-refractivity contribution in [2.24, 2.45) is 17.4 Å². The molecule has 0 bridgehead atoms. The number of hydrogen-bond acceptors (Lipinski definition) is 3. The van der Waals surface area contributed by atoms with E-state index in [-0.39, 0.29) is 4.87 Å². The fourth-order valence-corrected chi connectivity index (χ4v) is 1.79. The molecule has 2 nitrogen and oxygen atoms in total. The van der Waals surface area contributed by atoms with Crippen LogP contribution in [0.15, 0.2) is 23.9 Å². The van der Waals surface area contributed by atoms with Gasteiger partial charge >= 0.3 is 0 Å². The molecule has 0 fully saturated rings. The van der Waals surface area contributed by atoms with Gasteiger partial charge in [0.1, 0.15) is 0 Å². The molecule has 0 aromatic heterocycles. The fraction of sp³-hybridized carbons (Fsp3) is 0.500. The van der Waals surface area contributed by atoms with Crippen molar-refractivity contribution in [1.82, 2.24) is 0 Å². The van der Waals surface area contributed by atoms with Gasteiger partial charge in [-0.3, -0.25) is 0 Å². The number of allylic oxidation sites excluding steroid dienone is 1. The number of nitrogens with two attached hydrogens (primary N) is 2. The average Bonchev–Trinajstić information content (AvgIpc) is 1.98. The summed E-state index contributed by atoms with van der Waals surface area (Å²) in [6, 6.07) is 0. The van der Waals surface area contributed by atoms with Gasteiger partial charge in [-0.25, -0.2) is 0 Å². The molecule has 1 aliphatic rings. The van der Waals surface area contributed by atoms with E-state index in [1.54, 1.807) is 11.8 Å². The summed E-state index contributed by atoms with van der Waals surface area (Å²) in [5.41, 5.74) is 12.4. The molecule has 0 amide bonds. The van der Waals surface area contributed by atoms with Gasteiger partial charge in [-0.2, -0.15) is 0 Å². The Morgan fingerprint density at radius 3 is 2.73 bits per heavy atom. The molecule has 62 valence electrons. The summed E-state index contributed by atoms with van der Waals surface area (Å²) in [5.74, 6) is 0.352. The van der Waals surface area contributed by atoms with Crippen molar-refractivity contribution in [1.29, 1.82) is 0 Å². The van der Waals surface area contributed by atoms with Crippen LogP contribution in [0.2, 0.25) is 0 Å². The van der Waals surface area contributed by atoms with E-state index < -0.39 is 0 Å². The van der Waals surface area contributed by atoms with Gasteiger partial charge in [0.15, 0.2) is 0 Å². The van der Waals surface area contributed by atoms with Gasteiger partial charge in [-0.05, 0) is 18.4 Å². The Labute approximate surface area is 71.7 Å². The normalized spacial score (nSPS) is 37.0. The summed E-state index contributed by atoms with van der Waals surface area (Å²) in [7, 11) is 0. The number of rotatable bonds is 1. The van der Waals surface area contributed by atoms with Crippen LogP contribution < -0.4 is 11.5 Å². The Morgan fingerprint density at radius 2 is 2.27 bits per heavy atom. The van der Waals surface area contributed by atoms with Gasteiger partial charge in [-0.15, -0.1) is 11.8 Å². The third kappa shape index (κ3) is 1.60. The highest BCUT2D eigenvalue weighted by Crippen LogP contribution is 2.31. The highest BCUT2D eigenvalue weighted by atomic mass is 32.2. The van der Waals surface area contributed by atoms with Crippen LogP contribution in [0.4, 0.5) is 0 Å². The fourth-order valence-electron chi connectivity index (χ4n) is 1.09. The zero-order chi connectivity index (χ0) is 8.48.